The topological polar surface area (TPSA) is 30.5 Å². The smallest absolute Gasteiger partial charge is 0.119 e. The molecule has 0 unspecified atom stereocenters. The van der Waals surface area contributed by atoms with Crippen molar-refractivity contribution in [2.45, 2.75) is 32.6 Å². The van der Waals surface area contributed by atoms with Crippen LogP contribution in [0.15, 0.2) is 30.3 Å². The average Bonchev–Trinajstić information content (AvgIpc) is 2.46. The van der Waals surface area contributed by atoms with Gasteiger partial charge in [0.2, 0.25) is 0 Å². The standard InChI is InChI=1S/C16H27NO2/c1-2-11-17-12-7-4-8-13-18-14-15-19-16-9-5-3-6-10-16/h3,5-6,9-10,17H,2,4,7-8,11-15H2,1H3. The predicted octanol–water partition coefficient (Wildman–Crippen LogP) is 3.25. The maximum atomic E-state index is 5.54. The zero-order valence-corrected chi connectivity index (χ0v) is 12.1. The van der Waals surface area contributed by atoms with Gasteiger partial charge in [-0.15, -0.1) is 0 Å². The summed E-state index contributed by atoms with van der Waals surface area (Å²) in [4.78, 5) is 0. The molecule has 0 fully saturated rings. The van der Waals surface area contributed by atoms with Crippen LogP contribution in [0.3, 0.4) is 0 Å². The van der Waals surface area contributed by atoms with Crippen molar-refractivity contribution in [1.82, 2.24) is 5.32 Å². The van der Waals surface area contributed by atoms with Gasteiger partial charge in [-0.1, -0.05) is 25.1 Å². The third-order valence-corrected chi connectivity index (χ3v) is 2.81. The number of para-hydroxylation sites is 1. The fourth-order valence-electron chi connectivity index (χ4n) is 1.77. The van der Waals surface area contributed by atoms with E-state index in [1.165, 1.54) is 19.3 Å². The highest BCUT2D eigenvalue weighted by molar-refractivity contribution is 5.20. The molecule has 1 rings (SSSR count). The van der Waals surface area contributed by atoms with Crippen LogP contribution in [0.4, 0.5) is 0 Å². The van der Waals surface area contributed by atoms with E-state index >= 15 is 0 Å². The molecule has 19 heavy (non-hydrogen) atoms. The number of hydrogen-bond acceptors (Lipinski definition) is 3. The number of ether oxygens (including phenoxy) is 2. The van der Waals surface area contributed by atoms with E-state index in [4.69, 9.17) is 9.47 Å². The van der Waals surface area contributed by atoms with Crippen molar-refractivity contribution < 1.29 is 9.47 Å². The highest BCUT2D eigenvalue weighted by Crippen LogP contribution is 2.07. The first-order valence-electron chi connectivity index (χ1n) is 7.40. The summed E-state index contributed by atoms with van der Waals surface area (Å²) in [5.41, 5.74) is 0. The quantitative estimate of drug-likeness (QED) is 0.588. The van der Waals surface area contributed by atoms with Gasteiger partial charge in [-0.05, 0) is 50.9 Å². The van der Waals surface area contributed by atoms with Crippen LogP contribution < -0.4 is 10.1 Å². The van der Waals surface area contributed by atoms with Crippen LogP contribution in [0.1, 0.15) is 32.6 Å². The molecule has 0 saturated heterocycles. The van der Waals surface area contributed by atoms with E-state index in [1.54, 1.807) is 0 Å². The number of hydrogen-bond donors (Lipinski definition) is 1. The van der Waals surface area contributed by atoms with Crippen molar-refractivity contribution >= 4 is 0 Å². The summed E-state index contributed by atoms with van der Waals surface area (Å²) >= 11 is 0. The summed E-state index contributed by atoms with van der Waals surface area (Å²) in [6.45, 7) is 6.59. The number of benzene rings is 1. The molecule has 0 bridgehead atoms. The highest BCUT2D eigenvalue weighted by atomic mass is 16.5. The molecule has 108 valence electrons. The molecule has 0 saturated carbocycles. The Kier molecular flexibility index (Phi) is 10.1. The zero-order chi connectivity index (χ0) is 13.6. The van der Waals surface area contributed by atoms with Gasteiger partial charge in [-0.3, -0.25) is 0 Å². The van der Waals surface area contributed by atoms with E-state index in [2.05, 4.69) is 12.2 Å². The van der Waals surface area contributed by atoms with Crippen LogP contribution in [0.5, 0.6) is 5.75 Å². The van der Waals surface area contributed by atoms with Crippen LogP contribution in [-0.4, -0.2) is 32.9 Å². The molecule has 3 heteroatoms. The molecule has 1 aromatic rings. The fraction of sp³-hybridized carbons (Fsp3) is 0.625. The predicted molar refractivity (Wildman–Crippen MR) is 79.8 cm³/mol. The van der Waals surface area contributed by atoms with E-state index in [0.717, 1.165) is 31.9 Å². The largest absolute Gasteiger partial charge is 0.491 e. The Morgan fingerprint density at radius 2 is 1.74 bits per heavy atom. The molecule has 0 aliphatic rings. The lowest BCUT2D eigenvalue weighted by molar-refractivity contribution is 0.0972. The molecule has 0 spiro atoms. The SMILES string of the molecule is CCCNCCCCCOCCOc1ccccc1. The molecule has 0 radical (unpaired) electrons. The van der Waals surface area contributed by atoms with Crippen molar-refractivity contribution in [2.24, 2.45) is 0 Å². The van der Waals surface area contributed by atoms with Gasteiger partial charge < -0.3 is 14.8 Å². The minimum atomic E-state index is 0.627. The first-order valence-corrected chi connectivity index (χ1v) is 7.40. The third-order valence-electron chi connectivity index (χ3n) is 2.81. The Hall–Kier alpha value is -1.06. The van der Waals surface area contributed by atoms with E-state index in [1.807, 2.05) is 30.3 Å². The van der Waals surface area contributed by atoms with E-state index in [0.29, 0.717) is 13.2 Å². The van der Waals surface area contributed by atoms with Crippen LogP contribution in [0.25, 0.3) is 0 Å². The van der Waals surface area contributed by atoms with Crippen LogP contribution in [0.2, 0.25) is 0 Å². The third kappa shape index (κ3) is 9.51. The summed E-state index contributed by atoms with van der Waals surface area (Å²) in [6.07, 6.45) is 4.82. The minimum Gasteiger partial charge on any atom is -0.491 e. The molecule has 0 atom stereocenters. The van der Waals surface area contributed by atoms with Gasteiger partial charge in [0.1, 0.15) is 12.4 Å². The molecule has 1 aromatic carbocycles. The van der Waals surface area contributed by atoms with Crippen molar-refractivity contribution in [3.05, 3.63) is 30.3 Å². The number of unbranched alkanes of at least 4 members (excludes halogenated alkanes) is 2. The fourth-order valence-corrected chi connectivity index (χ4v) is 1.77. The van der Waals surface area contributed by atoms with Crippen LogP contribution in [0, 0.1) is 0 Å². The van der Waals surface area contributed by atoms with Crippen molar-refractivity contribution in [3.8, 4) is 5.75 Å². The normalized spacial score (nSPS) is 10.6. The highest BCUT2D eigenvalue weighted by Gasteiger charge is 1.93. The maximum Gasteiger partial charge on any atom is 0.119 e. The Balaban J connectivity index is 1.79. The Morgan fingerprint density at radius 3 is 2.53 bits per heavy atom. The van der Waals surface area contributed by atoms with E-state index < -0.39 is 0 Å². The maximum absolute atomic E-state index is 5.54. The number of rotatable bonds is 12. The zero-order valence-electron chi connectivity index (χ0n) is 12.1. The summed E-state index contributed by atoms with van der Waals surface area (Å²) in [6, 6.07) is 9.86. The molecular weight excluding hydrogens is 238 g/mol. The summed E-state index contributed by atoms with van der Waals surface area (Å²) in [5.74, 6) is 0.910. The second-order valence-corrected chi connectivity index (χ2v) is 4.58. The van der Waals surface area contributed by atoms with Crippen molar-refractivity contribution in [2.75, 3.05) is 32.9 Å². The Morgan fingerprint density at radius 1 is 0.895 bits per heavy atom. The summed E-state index contributed by atoms with van der Waals surface area (Å²) in [7, 11) is 0. The average molecular weight is 265 g/mol. The van der Waals surface area contributed by atoms with Gasteiger partial charge in [0, 0.05) is 6.61 Å². The Labute approximate surface area is 117 Å². The van der Waals surface area contributed by atoms with Gasteiger partial charge in [0.15, 0.2) is 0 Å². The molecule has 1 N–H and O–H groups in total. The first kappa shape index (κ1) is 16.0. The lowest BCUT2D eigenvalue weighted by Crippen LogP contribution is -2.15. The molecule has 0 aromatic heterocycles. The minimum absolute atomic E-state index is 0.627. The molecule has 3 nitrogen and oxygen atoms in total. The first-order chi connectivity index (χ1) is 9.43. The molecule has 0 amide bonds. The summed E-state index contributed by atoms with van der Waals surface area (Å²) < 4.78 is 11.1. The second-order valence-electron chi connectivity index (χ2n) is 4.58. The summed E-state index contributed by atoms with van der Waals surface area (Å²) in [5, 5.41) is 3.40. The lowest BCUT2D eigenvalue weighted by atomic mass is 10.2. The monoisotopic (exact) mass is 265 g/mol. The Bertz CT molecular complexity index is 290. The van der Waals surface area contributed by atoms with Gasteiger partial charge in [-0.25, -0.2) is 0 Å². The number of nitrogens with one attached hydrogen (secondary N) is 1. The van der Waals surface area contributed by atoms with Gasteiger partial charge in [0.25, 0.3) is 0 Å². The second kappa shape index (κ2) is 12.0. The van der Waals surface area contributed by atoms with Crippen molar-refractivity contribution in [1.29, 1.82) is 0 Å². The molecule has 0 aliphatic heterocycles. The molecular formula is C16H27NO2. The van der Waals surface area contributed by atoms with E-state index in [-0.39, 0.29) is 0 Å². The van der Waals surface area contributed by atoms with Gasteiger partial charge >= 0.3 is 0 Å². The lowest BCUT2D eigenvalue weighted by Gasteiger charge is -2.07. The molecule has 0 heterocycles. The van der Waals surface area contributed by atoms with Crippen molar-refractivity contribution in [3.63, 3.8) is 0 Å². The van der Waals surface area contributed by atoms with Gasteiger partial charge in [-0.2, -0.15) is 0 Å². The van der Waals surface area contributed by atoms with Gasteiger partial charge in [0.05, 0.1) is 6.61 Å². The van der Waals surface area contributed by atoms with E-state index in [9.17, 15) is 0 Å². The van der Waals surface area contributed by atoms with Crippen LogP contribution >= 0.6 is 0 Å². The molecule has 0 aliphatic carbocycles. The van der Waals surface area contributed by atoms with Crippen LogP contribution in [-0.2, 0) is 4.74 Å².